The van der Waals surface area contributed by atoms with Gasteiger partial charge in [0.05, 0.1) is 0 Å². The molecule has 2 saturated heterocycles. The highest BCUT2D eigenvalue weighted by molar-refractivity contribution is 5.20. The average Bonchev–Trinajstić information content (AvgIpc) is 2.85. The van der Waals surface area contributed by atoms with E-state index in [1.807, 2.05) is 12.1 Å². The van der Waals surface area contributed by atoms with Crippen molar-refractivity contribution in [3.05, 3.63) is 35.6 Å². The lowest BCUT2D eigenvalue weighted by atomic mass is 9.84. The molecule has 2 fully saturated rings. The molecule has 2 aliphatic heterocycles. The topological polar surface area (TPSA) is 6.48 Å². The number of rotatable bonds is 3. The summed E-state index contributed by atoms with van der Waals surface area (Å²) in [5.41, 5.74) is 1.73. The molecule has 0 bridgehead atoms. The van der Waals surface area contributed by atoms with E-state index in [4.69, 9.17) is 0 Å². The number of halogens is 1. The van der Waals surface area contributed by atoms with E-state index in [9.17, 15) is 4.39 Å². The first-order valence-corrected chi connectivity index (χ1v) is 8.35. The maximum Gasteiger partial charge on any atom is 0.123 e. The molecule has 0 radical (unpaired) electrons. The quantitative estimate of drug-likeness (QED) is 0.834. The van der Waals surface area contributed by atoms with E-state index < -0.39 is 0 Å². The van der Waals surface area contributed by atoms with Gasteiger partial charge in [-0.05, 0) is 63.4 Å². The normalized spacial score (nSPS) is 24.5. The van der Waals surface area contributed by atoms with Gasteiger partial charge in [-0.15, -0.1) is 0 Å². The lowest BCUT2D eigenvalue weighted by Crippen LogP contribution is -2.51. The predicted octanol–water partition coefficient (Wildman–Crippen LogP) is 3.84. The highest BCUT2D eigenvalue weighted by Gasteiger charge is 2.41. The van der Waals surface area contributed by atoms with Crippen molar-refractivity contribution < 1.29 is 4.39 Å². The van der Waals surface area contributed by atoms with E-state index in [-0.39, 0.29) is 5.82 Å². The molecule has 3 rings (SSSR count). The highest BCUT2D eigenvalue weighted by Crippen LogP contribution is 2.39. The molecular formula is C18H27FN2. The number of benzene rings is 1. The van der Waals surface area contributed by atoms with Gasteiger partial charge in [0.15, 0.2) is 0 Å². The Labute approximate surface area is 127 Å². The number of hydrogen-bond acceptors (Lipinski definition) is 2. The van der Waals surface area contributed by atoms with Crippen LogP contribution in [0, 0.1) is 5.82 Å². The maximum atomic E-state index is 13.1. The first-order valence-electron chi connectivity index (χ1n) is 8.35. The lowest BCUT2D eigenvalue weighted by Gasteiger charge is -2.46. The second-order valence-electron chi connectivity index (χ2n) is 6.76. The Hall–Kier alpha value is -0.930. The summed E-state index contributed by atoms with van der Waals surface area (Å²) in [6.07, 6.45) is 6.37. The molecule has 116 valence electrons. The van der Waals surface area contributed by atoms with E-state index in [1.165, 1.54) is 50.9 Å². The second kappa shape index (κ2) is 6.05. The Morgan fingerprint density at radius 1 is 1.10 bits per heavy atom. The molecule has 3 heteroatoms. The van der Waals surface area contributed by atoms with Crippen LogP contribution in [0.15, 0.2) is 24.3 Å². The summed E-state index contributed by atoms with van der Waals surface area (Å²) in [6, 6.07) is 7.53. The molecule has 0 saturated carbocycles. The van der Waals surface area contributed by atoms with E-state index in [1.54, 1.807) is 12.1 Å². The van der Waals surface area contributed by atoms with Crippen LogP contribution in [0.4, 0.5) is 4.39 Å². The zero-order valence-corrected chi connectivity index (χ0v) is 13.3. The van der Waals surface area contributed by atoms with E-state index >= 15 is 0 Å². The van der Waals surface area contributed by atoms with Crippen molar-refractivity contribution >= 4 is 0 Å². The average molecular weight is 290 g/mol. The van der Waals surface area contributed by atoms with Gasteiger partial charge in [-0.25, -0.2) is 4.39 Å². The predicted molar refractivity (Wildman–Crippen MR) is 84.8 cm³/mol. The Morgan fingerprint density at radius 2 is 1.76 bits per heavy atom. The molecule has 2 heterocycles. The van der Waals surface area contributed by atoms with Crippen LogP contribution < -0.4 is 0 Å². The minimum Gasteiger partial charge on any atom is -0.301 e. The molecule has 0 N–H and O–H groups in total. The molecular weight excluding hydrogens is 263 g/mol. The third-order valence-corrected chi connectivity index (χ3v) is 5.76. The van der Waals surface area contributed by atoms with Crippen LogP contribution in [0.1, 0.15) is 50.6 Å². The fourth-order valence-corrected chi connectivity index (χ4v) is 4.35. The van der Waals surface area contributed by atoms with Gasteiger partial charge in [-0.2, -0.15) is 0 Å². The van der Waals surface area contributed by atoms with Crippen molar-refractivity contribution in [1.82, 2.24) is 9.80 Å². The highest BCUT2D eigenvalue weighted by atomic mass is 19.1. The standard InChI is InChI=1S/C18H27FN2/c1-3-17(15-5-7-16(19)8-6-15)21-13-10-18(11-14-21)9-4-12-20(18)2/h5-8,17H,3-4,9-14H2,1-2H3/t17-/m0/s1. The van der Waals surface area contributed by atoms with Crippen LogP contribution in [0.5, 0.6) is 0 Å². The van der Waals surface area contributed by atoms with Crippen molar-refractivity contribution in [2.24, 2.45) is 0 Å². The second-order valence-corrected chi connectivity index (χ2v) is 6.76. The van der Waals surface area contributed by atoms with Crippen LogP contribution >= 0.6 is 0 Å². The third kappa shape index (κ3) is 2.86. The van der Waals surface area contributed by atoms with Gasteiger partial charge >= 0.3 is 0 Å². The smallest absolute Gasteiger partial charge is 0.123 e. The summed E-state index contributed by atoms with van der Waals surface area (Å²) in [4.78, 5) is 5.19. The SMILES string of the molecule is CC[C@@H](c1ccc(F)cc1)N1CCC2(CCCN2C)CC1. The molecule has 0 aliphatic carbocycles. The minimum absolute atomic E-state index is 0.140. The zero-order valence-electron chi connectivity index (χ0n) is 13.3. The first kappa shape index (κ1) is 15.0. The van der Waals surface area contributed by atoms with E-state index in [0.717, 1.165) is 6.42 Å². The lowest BCUT2D eigenvalue weighted by molar-refractivity contribution is 0.0478. The van der Waals surface area contributed by atoms with E-state index in [0.29, 0.717) is 11.6 Å². The van der Waals surface area contributed by atoms with Gasteiger partial charge in [0.2, 0.25) is 0 Å². The third-order valence-electron chi connectivity index (χ3n) is 5.76. The van der Waals surface area contributed by atoms with Crippen LogP contribution in [-0.2, 0) is 0 Å². The van der Waals surface area contributed by atoms with Crippen LogP contribution in [0.25, 0.3) is 0 Å². The summed E-state index contributed by atoms with van der Waals surface area (Å²) >= 11 is 0. The minimum atomic E-state index is -0.140. The number of nitrogens with zero attached hydrogens (tertiary/aromatic N) is 2. The Kier molecular flexibility index (Phi) is 4.32. The zero-order chi connectivity index (χ0) is 14.9. The molecule has 1 atom stereocenters. The van der Waals surface area contributed by atoms with Crippen LogP contribution in [-0.4, -0.2) is 42.0 Å². The van der Waals surface area contributed by atoms with Crippen molar-refractivity contribution in [3.63, 3.8) is 0 Å². The first-order chi connectivity index (χ1) is 10.1. The Bertz CT molecular complexity index is 463. The van der Waals surface area contributed by atoms with Crippen molar-refractivity contribution in [2.45, 2.75) is 50.6 Å². The summed E-state index contributed by atoms with van der Waals surface area (Å²) < 4.78 is 13.1. The van der Waals surface area contributed by atoms with Crippen LogP contribution in [0.2, 0.25) is 0 Å². The van der Waals surface area contributed by atoms with Crippen LogP contribution in [0.3, 0.4) is 0 Å². The number of likely N-dealkylation sites (tertiary alicyclic amines) is 2. The largest absolute Gasteiger partial charge is 0.301 e. The van der Waals surface area contributed by atoms with Gasteiger partial charge < -0.3 is 4.90 Å². The summed E-state index contributed by atoms with van der Waals surface area (Å²) in [7, 11) is 2.29. The van der Waals surface area contributed by atoms with Crippen molar-refractivity contribution in [2.75, 3.05) is 26.7 Å². The summed E-state index contributed by atoms with van der Waals surface area (Å²) in [6.45, 7) is 5.83. The van der Waals surface area contributed by atoms with Crippen molar-refractivity contribution in [3.8, 4) is 0 Å². The fourth-order valence-electron chi connectivity index (χ4n) is 4.35. The molecule has 2 nitrogen and oxygen atoms in total. The van der Waals surface area contributed by atoms with Gasteiger partial charge in [0, 0.05) is 24.7 Å². The van der Waals surface area contributed by atoms with Crippen molar-refractivity contribution in [1.29, 1.82) is 0 Å². The molecule has 2 aliphatic rings. The summed E-state index contributed by atoms with van der Waals surface area (Å²) in [5, 5.41) is 0. The molecule has 1 spiro atoms. The molecule has 1 aromatic carbocycles. The summed E-state index contributed by atoms with van der Waals surface area (Å²) in [5.74, 6) is -0.140. The molecule has 0 unspecified atom stereocenters. The fraction of sp³-hybridized carbons (Fsp3) is 0.667. The van der Waals surface area contributed by atoms with E-state index in [2.05, 4.69) is 23.8 Å². The monoisotopic (exact) mass is 290 g/mol. The number of hydrogen-bond donors (Lipinski definition) is 0. The maximum absolute atomic E-state index is 13.1. The molecule has 21 heavy (non-hydrogen) atoms. The molecule has 0 amide bonds. The Morgan fingerprint density at radius 3 is 2.29 bits per heavy atom. The molecule has 0 aromatic heterocycles. The number of piperidine rings is 1. The van der Waals surface area contributed by atoms with Gasteiger partial charge in [-0.3, -0.25) is 4.90 Å². The van der Waals surface area contributed by atoms with Gasteiger partial charge in [0.25, 0.3) is 0 Å². The van der Waals surface area contributed by atoms with Gasteiger partial charge in [0.1, 0.15) is 5.82 Å². The molecule has 1 aromatic rings. The Balaban J connectivity index is 1.68. The van der Waals surface area contributed by atoms with Gasteiger partial charge in [-0.1, -0.05) is 19.1 Å².